The van der Waals surface area contributed by atoms with E-state index in [4.69, 9.17) is 5.84 Å². The molecule has 0 spiro atoms. The number of amides is 2. The van der Waals surface area contributed by atoms with Crippen molar-refractivity contribution in [1.82, 2.24) is 10.3 Å². The number of hydrogen-bond acceptors (Lipinski definition) is 4. The minimum Gasteiger partial charge on any atom is -0.508 e. The van der Waals surface area contributed by atoms with E-state index >= 15 is 0 Å². The van der Waals surface area contributed by atoms with Crippen LogP contribution in [0.4, 0.5) is 0 Å². The third-order valence-corrected chi connectivity index (χ3v) is 4.04. The zero-order valence-electron chi connectivity index (χ0n) is 12.4. The number of hydrogen-bond donors (Lipinski definition) is 3. The van der Waals surface area contributed by atoms with Crippen LogP contribution in [0.3, 0.4) is 0 Å². The van der Waals surface area contributed by atoms with Crippen LogP contribution in [-0.4, -0.2) is 27.9 Å². The molecule has 2 amide bonds. The van der Waals surface area contributed by atoms with Crippen molar-refractivity contribution in [2.24, 2.45) is 5.84 Å². The molecule has 0 saturated carbocycles. The zero-order valence-corrected chi connectivity index (χ0v) is 12.4. The third-order valence-electron chi connectivity index (χ3n) is 4.04. The number of phenolic OH excluding ortho intramolecular Hbond substituents is 1. The number of aromatic hydroxyl groups is 1. The van der Waals surface area contributed by atoms with Gasteiger partial charge in [0.2, 0.25) is 0 Å². The molecule has 4 N–H and O–H groups in total. The van der Waals surface area contributed by atoms with Crippen molar-refractivity contribution in [2.45, 2.75) is 19.0 Å². The van der Waals surface area contributed by atoms with Gasteiger partial charge in [-0.1, -0.05) is 30.3 Å². The van der Waals surface area contributed by atoms with Gasteiger partial charge >= 0.3 is 0 Å². The topological polar surface area (TPSA) is 95.7 Å². The summed E-state index contributed by atoms with van der Waals surface area (Å²) in [6.07, 6.45) is 0.322. The van der Waals surface area contributed by atoms with Gasteiger partial charge in [-0.3, -0.25) is 15.0 Å². The third kappa shape index (κ3) is 2.89. The molecule has 2 aromatic rings. The Balaban J connectivity index is 1.87. The van der Waals surface area contributed by atoms with E-state index in [1.54, 1.807) is 36.4 Å². The van der Waals surface area contributed by atoms with Gasteiger partial charge in [0.1, 0.15) is 11.8 Å². The number of phenols is 1. The summed E-state index contributed by atoms with van der Waals surface area (Å²) in [5.41, 5.74) is 4.49. The quantitative estimate of drug-likeness (QED) is 0.445. The first kappa shape index (κ1) is 15.1. The Labute approximate surface area is 133 Å². The highest BCUT2D eigenvalue weighted by Crippen LogP contribution is 2.26. The summed E-state index contributed by atoms with van der Waals surface area (Å²) in [4.78, 5) is 26.3. The van der Waals surface area contributed by atoms with Crippen LogP contribution in [-0.2, 0) is 17.8 Å². The summed E-state index contributed by atoms with van der Waals surface area (Å²) >= 11 is 0. The van der Waals surface area contributed by atoms with Crippen molar-refractivity contribution < 1.29 is 14.7 Å². The van der Waals surface area contributed by atoms with E-state index in [0.29, 0.717) is 18.5 Å². The Hall–Kier alpha value is -2.86. The maximum absolute atomic E-state index is 12.6. The average molecular weight is 311 g/mol. The molecule has 0 radical (unpaired) electrons. The first-order chi connectivity index (χ1) is 11.1. The summed E-state index contributed by atoms with van der Waals surface area (Å²) in [5, 5.41) is 9.35. The van der Waals surface area contributed by atoms with Gasteiger partial charge in [0.05, 0.1) is 0 Å². The Kier molecular flexibility index (Phi) is 3.99. The summed E-state index contributed by atoms with van der Waals surface area (Å²) in [7, 11) is 0. The first-order valence-corrected chi connectivity index (χ1v) is 7.27. The van der Waals surface area contributed by atoms with Gasteiger partial charge in [-0.2, -0.15) is 0 Å². The molecule has 1 atom stereocenters. The summed E-state index contributed by atoms with van der Waals surface area (Å²) in [5.74, 6) is 4.85. The number of carbonyl (C=O) groups is 2. The van der Waals surface area contributed by atoms with Crippen molar-refractivity contribution in [3.05, 3.63) is 65.2 Å². The Bertz CT molecular complexity index is 743. The van der Waals surface area contributed by atoms with Crippen LogP contribution in [0.15, 0.2) is 48.5 Å². The second kappa shape index (κ2) is 6.10. The maximum Gasteiger partial charge on any atom is 0.257 e. The molecule has 2 aromatic carbocycles. The number of benzene rings is 2. The van der Waals surface area contributed by atoms with E-state index in [0.717, 1.165) is 11.1 Å². The molecule has 1 aliphatic heterocycles. The number of carbonyl (C=O) groups excluding carboxylic acids is 2. The molecule has 1 heterocycles. The molecule has 3 rings (SSSR count). The largest absolute Gasteiger partial charge is 0.508 e. The lowest BCUT2D eigenvalue weighted by atomic mass is 10.0. The lowest BCUT2D eigenvalue weighted by Crippen LogP contribution is -2.50. The number of nitrogens with zero attached hydrogens (tertiary/aromatic N) is 1. The van der Waals surface area contributed by atoms with Crippen molar-refractivity contribution in [2.75, 3.05) is 0 Å². The molecule has 6 nitrogen and oxygen atoms in total. The maximum atomic E-state index is 12.6. The van der Waals surface area contributed by atoms with Gasteiger partial charge in [0, 0.05) is 18.5 Å². The van der Waals surface area contributed by atoms with Crippen LogP contribution in [0.5, 0.6) is 5.75 Å². The molecule has 0 fully saturated rings. The number of fused-ring (bicyclic) bond motifs is 1. The highest BCUT2D eigenvalue weighted by atomic mass is 16.3. The van der Waals surface area contributed by atoms with E-state index in [-0.39, 0.29) is 11.7 Å². The van der Waals surface area contributed by atoms with Gasteiger partial charge in [-0.05, 0) is 29.3 Å². The fourth-order valence-corrected chi connectivity index (χ4v) is 2.82. The van der Waals surface area contributed by atoms with Crippen molar-refractivity contribution in [1.29, 1.82) is 0 Å². The second-order valence-electron chi connectivity index (χ2n) is 5.49. The normalized spacial score (nSPS) is 14.5. The Morgan fingerprint density at radius 3 is 2.57 bits per heavy atom. The Morgan fingerprint density at radius 2 is 1.91 bits per heavy atom. The van der Waals surface area contributed by atoms with Gasteiger partial charge in [0.25, 0.3) is 11.8 Å². The molecule has 0 saturated heterocycles. The average Bonchev–Trinajstić information content (AvgIpc) is 2.91. The van der Waals surface area contributed by atoms with Gasteiger partial charge < -0.3 is 10.0 Å². The Morgan fingerprint density at radius 1 is 1.22 bits per heavy atom. The van der Waals surface area contributed by atoms with Crippen LogP contribution in [0.25, 0.3) is 0 Å². The van der Waals surface area contributed by atoms with E-state index < -0.39 is 11.9 Å². The first-order valence-electron chi connectivity index (χ1n) is 7.27. The zero-order chi connectivity index (χ0) is 16.4. The fourth-order valence-electron chi connectivity index (χ4n) is 2.82. The highest BCUT2D eigenvalue weighted by molar-refractivity contribution is 6.01. The number of rotatable bonds is 4. The lowest BCUT2D eigenvalue weighted by molar-refractivity contribution is -0.125. The van der Waals surface area contributed by atoms with Crippen molar-refractivity contribution in [3.63, 3.8) is 0 Å². The van der Waals surface area contributed by atoms with Crippen molar-refractivity contribution >= 4 is 11.8 Å². The SMILES string of the molecule is NNC(=O)[C@@H](Cc1ccc(O)cc1)N1Cc2ccccc2C1=O. The van der Waals surface area contributed by atoms with E-state index in [2.05, 4.69) is 5.43 Å². The van der Waals surface area contributed by atoms with Crippen LogP contribution < -0.4 is 11.3 Å². The molecule has 1 aliphatic rings. The minimum absolute atomic E-state index is 0.151. The van der Waals surface area contributed by atoms with Gasteiger partial charge in [-0.15, -0.1) is 0 Å². The molecule has 0 bridgehead atoms. The number of nitrogens with two attached hydrogens (primary N) is 1. The van der Waals surface area contributed by atoms with Gasteiger partial charge in [-0.25, -0.2) is 5.84 Å². The monoisotopic (exact) mass is 311 g/mol. The molecule has 118 valence electrons. The van der Waals surface area contributed by atoms with Crippen molar-refractivity contribution in [3.8, 4) is 5.75 Å². The predicted molar refractivity (Wildman–Crippen MR) is 84.2 cm³/mol. The predicted octanol–water partition coefficient (Wildman–Crippen LogP) is 0.949. The number of nitrogens with one attached hydrogen (secondary N) is 1. The summed E-state index contributed by atoms with van der Waals surface area (Å²) in [6.45, 7) is 0.380. The number of hydrazine groups is 1. The molecule has 0 aliphatic carbocycles. The molecular weight excluding hydrogens is 294 g/mol. The van der Waals surface area contributed by atoms with Crippen LogP contribution >= 0.6 is 0 Å². The van der Waals surface area contributed by atoms with E-state index in [9.17, 15) is 14.7 Å². The van der Waals surface area contributed by atoms with E-state index in [1.165, 1.54) is 4.90 Å². The lowest BCUT2D eigenvalue weighted by Gasteiger charge is -2.26. The molecule has 23 heavy (non-hydrogen) atoms. The van der Waals surface area contributed by atoms with Crippen LogP contribution in [0, 0.1) is 0 Å². The highest BCUT2D eigenvalue weighted by Gasteiger charge is 2.35. The molecule has 0 aromatic heterocycles. The summed E-state index contributed by atoms with van der Waals surface area (Å²) in [6, 6.07) is 13.1. The second-order valence-corrected chi connectivity index (χ2v) is 5.49. The van der Waals surface area contributed by atoms with Gasteiger partial charge in [0.15, 0.2) is 0 Å². The fraction of sp³-hybridized carbons (Fsp3) is 0.176. The van der Waals surface area contributed by atoms with E-state index in [1.807, 2.05) is 12.1 Å². The smallest absolute Gasteiger partial charge is 0.257 e. The molecular formula is C17H17N3O3. The van der Waals surface area contributed by atoms with Crippen LogP contribution in [0.2, 0.25) is 0 Å². The molecule has 6 heteroatoms. The standard InChI is InChI=1S/C17H17N3O3/c18-19-16(22)15(9-11-5-7-13(21)8-6-11)20-10-12-3-1-2-4-14(12)17(20)23/h1-8,15,21H,9-10,18H2,(H,19,22)/t15-/m1/s1. The summed E-state index contributed by atoms with van der Waals surface area (Å²) < 4.78 is 0. The van der Waals surface area contributed by atoms with Crippen LogP contribution in [0.1, 0.15) is 21.5 Å². The molecule has 0 unspecified atom stereocenters. The minimum atomic E-state index is -0.704.